The number of imide groups is 1. The Kier molecular flexibility index (Phi) is 10.7. The quantitative estimate of drug-likeness (QED) is 0.127. The molecule has 0 aliphatic carbocycles. The number of nitrogens with one attached hydrogen (secondary N) is 4. The highest BCUT2D eigenvalue weighted by Gasteiger charge is 2.49. The van der Waals surface area contributed by atoms with Crippen molar-refractivity contribution in [3.05, 3.63) is 84.3 Å². The lowest BCUT2D eigenvalue weighted by molar-refractivity contribution is -0.134. The Labute approximate surface area is 335 Å². The number of aromatic amines is 1. The molecule has 300 valence electrons. The second-order valence-corrected chi connectivity index (χ2v) is 17.2. The van der Waals surface area contributed by atoms with Crippen molar-refractivity contribution in [2.75, 3.05) is 68.3 Å². The van der Waals surface area contributed by atoms with E-state index in [1.165, 1.54) is 4.31 Å². The Morgan fingerprint density at radius 2 is 1.84 bits per heavy atom. The van der Waals surface area contributed by atoms with E-state index in [2.05, 4.69) is 59.0 Å². The maximum absolute atomic E-state index is 13.0. The van der Waals surface area contributed by atoms with Crippen LogP contribution in [0.25, 0.3) is 22.3 Å². The van der Waals surface area contributed by atoms with Gasteiger partial charge in [-0.15, -0.1) is 0 Å². The van der Waals surface area contributed by atoms with E-state index < -0.39 is 15.6 Å². The number of hydrogen-bond acceptors (Lipinski definition) is 12. The number of carbonyl (C=O) groups is 3. The van der Waals surface area contributed by atoms with Crippen LogP contribution >= 0.6 is 0 Å². The van der Waals surface area contributed by atoms with Crippen molar-refractivity contribution in [1.29, 1.82) is 5.26 Å². The zero-order valence-corrected chi connectivity index (χ0v) is 32.8. The summed E-state index contributed by atoms with van der Waals surface area (Å²) in [4.78, 5) is 54.2. The number of anilines is 3. The topological polar surface area (TPSA) is 214 Å². The Balaban J connectivity index is 0.844. The predicted molar refractivity (Wildman–Crippen MR) is 217 cm³/mol. The number of piperazine rings is 1. The zero-order chi connectivity index (χ0) is 40.4. The molecule has 3 aliphatic rings. The summed E-state index contributed by atoms with van der Waals surface area (Å²) in [6, 6.07) is 19.2. The first kappa shape index (κ1) is 38.7. The summed E-state index contributed by atoms with van der Waals surface area (Å²) in [6.07, 6.45) is 6.22. The van der Waals surface area contributed by atoms with Crippen molar-refractivity contribution in [1.82, 2.24) is 44.6 Å². The van der Waals surface area contributed by atoms with Crippen LogP contribution in [0.3, 0.4) is 0 Å². The molecule has 3 fully saturated rings. The summed E-state index contributed by atoms with van der Waals surface area (Å²) in [7, 11) is -3.38. The summed E-state index contributed by atoms with van der Waals surface area (Å²) >= 11 is 0. The number of sulfonamides is 1. The maximum atomic E-state index is 13.0. The number of nitrogens with zero attached hydrogens (tertiary/aromatic N) is 8. The normalized spacial score (nSPS) is 18.7. The molecule has 0 radical (unpaired) electrons. The van der Waals surface area contributed by atoms with E-state index in [0.29, 0.717) is 60.0 Å². The number of amides is 3. The third kappa shape index (κ3) is 7.88. The minimum absolute atomic E-state index is 0.00605. The Morgan fingerprint density at radius 1 is 1.05 bits per heavy atom. The van der Waals surface area contributed by atoms with Gasteiger partial charge in [-0.25, -0.2) is 13.4 Å². The van der Waals surface area contributed by atoms with Crippen LogP contribution in [-0.4, -0.2) is 118 Å². The number of carbonyl (C=O) groups excluding carboxylic acids is 3. The minimum atomic E-state index is -3.38. The molecule has 58 heavy (non-hydrogen) atoms. The molecule has 1 unspecified atom stereocenters. The van der Waals surface area contributed by atoms with Crippen LogP contribution in [0.1, 0.15) is 48.0 Å². The molecular weight excluding hydrogens is 761 g/mol. The molecule has 3 amide bonds. The Bertz CT molecular complexity index is 2500. The molecule has 3 saturated heterocycles. The fraction of sp³-hybridized carbons (Fsp3) is 0.375. The van der Waals surface area contributed by atoms with E-state index in [1.54, 1.807) is 54.5 Å². The van der Waals surface area contributed by atoms with Gasteiger partial charge in [-0.2, -0.15) is 19.6 Å². The van der Waals surface area contributed by atoms with E-state index >= 15 is 0 Å². The number of nitriles is 1. The number of rotatable bonds is 13. The van der Waals surface area contributed by atoms with Crippen LogP contribution in [-0.2, 0) is 25.2 Å². The second-order valence-electron chi connectivity index (χ2n) is 14.9. The van der Waals surface area contributed by atoms with Gasteiger partial charge in [0.05, 0.1) is 36.1 Å². The third-order valence-corrected chi connectivity index (χ3v) is 13.0. The first-order valence-corrected chi connectivity index (χ1v) is 21.0. The summed E-state index contributed by atoms with van der Waals surface area (Å²) in [5, 5.41) is 23.6. The molecule has 6 heterocycles. The van der Waals surface area contributed by atoms with Crippen LogP contribution in [0.2, 0.25) is 0 Å². The van der Waals surface area contributed by atoms with Crippen molar-refractivity contribution in [2.24, 2.45) is 0 Å². The zero-order valence-electron chi connectivity index (χ0n) is 32.0. The van der Waals surface area contributed by atoms with E-state index in [0.717, 1.165) is 42.8 Å². The third-order valence-electron chi connectivity index (χ3n) is 11.2. The van der Waals surface area contributed by atoms with Crippen molar-refractivity contribution in [2.45, 2.75) is 37.6 Å². The number of piperidine rings is 1. The van der Waals surface area contributed by atoms with Gasteiger partial charge in [-0.05, 0) is 61.4 Å². The first-order valence-electron chi connectivity index (χ1n) is 19.4. The number of benzene rings is 2. The van der Waals surface area contributed by atoms with Gasteiger partial charge in [-0.3, -0.25) is 29.3 Å². The molecule has 1 atom stereocenters. The highest BCUT2D eigenvalue weighted by Crippen LogP contribution is 2.36. The molecule has 17 nitrogen and oxygen atoms in total. The van der Waals surface area contributed by atoms with Crippen molar-refractivity contribution in [3.63, 3.8) is 0 Å². The molecular formula is C40H44N12O5S. The molecule has 3 aromatic heterocycles. The number of fused-ring (bicyclic) bond motifs is 1. The van der Waals surface area contributed by atoms with Gasteiger partial charge in [0.1, 0.15) is 11.2 Å². The molecule has 0 spiro atoms. The Hall–Kier alpha value is -6.16. The van der Waals surface area contributed by atoms with Crippen molar-refractivity contribution < 1.29 is 22.8 Å². The van der Waals surface area contributed by atoms with Gasteiger partial charge in [0.25, 0.3) is 5.91 Å². The van der Waals surface area contributed by atoms with Crippen LogP contribution < -0.4 is 20.9 Å². The van der Waals surface area contributed by atoms with Crippen LogP contribution in [0, 0.1) is 11.3 Å². The standard InChI is InChI=1S/C40H44N12O5S/c1-2-58(56,57)51-25-40(26-51,13-14-41)52-24-29(23-44-52)35-33-12-15-42-36(33)48-39(47-35)45-30-8-6-27(7-9-30)37(54)43-16-17-49-18-20-50(21-19-49)31-5-3-4-28(22-31)32-10-11-34(53)46-38(32)55/h3-9,12,15,22-24,32H,2,10-11,13,16-21,25-26H2,1H3,(H,43,54)(H,46,53,55)(H2,42,45,47,48). The van der Waals surface area contributed by atoms with Crippen LogP contribution in [0.5, 0.6) is 0 Å². The predicted octanol–water partition coefficient (Wildman–Crippen LogP) is 2.91. The number of hydrogen-bond donors (Lipinski definition) is 4. The lowest BCUT2D eigenvalue weighted by Crippen LogP contribution is -2.64. The smallest absolute Gasteiger partial charge is 0.251 e. The summed E-state index contributed by atoms with van der Waals surface area (Å²) in [6.45, 7) is 6.49. The summed E-state index contributed by atoms with van der Waals surface area (Å²) in [5.41, 5.74) is 4.34. The lowest BCUT2D eigenvalue weighted by atomic mass is 9.89. The van der Waals surface area contributed by atoms with Gasteiger partial charge in [0, 0.05) is 99.1 Å². The van der Waals surface area contributed by atoms with Crippen LogP contribution in [0.4, 0.5) is 17.3 Å². The molecule has 5 aromatic rings. The molecule has 4 N–H and O–H groups in total. The fourth-order valence-corrected chi connectivity index (χ4v) is 9.08. The van der Waals surface area contributed by atoms with Crippen molar-refractivity contribution in [3.8, 4) is 17.3 Å². The molecule has 0 bridgehead atoms. The fourth-order valence-electron chi connectivity index (χ4n) is 7.84. The minimum Gasteiger partial charge on any atom is -0.369 e. The van der Waals surface area contributed by atoms with E-state index in [9.17, 15) is 28.1 Å². The van der Waals surface area contributed by atoms with E-state index in [-0.39, 0.29) is 48.9 Å². The van der Waals surface area contributed by atoms with Crippen LogP contribution in [0.15, 0.2) is 73.2 Å². The largest absolute Gasteiger partial charge is 0.369 e. The average molecular weight is 805 g/mol. The summed E-state index contributed by atoms with van der Waals surface area (Å²) in [5.74, 6) is -0.608. The molecule has 18 heteroatoms. The molecule has 3 aliphatic heterocycles. The average Bonchev–Trinajstić information content (AvgIpc) is 3.90. The van der Waals surface area contributed by atoms with Gasteiger partial charge < -0.3 is 20.5 Å². The van der Waals surface area contributed by atoms with Gasteiger partial charge in [0.2, 0.25) is 27.8 Å². The van der Waals surface area contributed by atoms with Gasteiger partial charge in [0.15, 0.2) is 0 Å². The molecule has 8 rings (SSSR count). The van der Waals surface area contributed by atoms with E-state index in [4.69, 9.17) is 4.98 Å². The SMILES string of the molecule is CCS(=O)(=O)N1CC(CC#N)(n2cc(-c3nc(Nc4ccc(C(=O)NCCN5CCN(c6cccc(C7CCC(=O)NC7=O)c6)CC5)cc4)nc4[nH]ccc34)cn2)C1. The highest BCUT2D eigenvalue weighted by molar-refractivity contribution is 7.89. The van der Waals surface area contributed by atoms with E-state index in [1.807, 2.05) is 18.2 Å². The highest BCUT2D eigenvalue weighted by atomic mass is 32.2. The molecule has 0 saturated carbocycles. The Morgan fingerprint density at radius 3 is 2.59 bits per heavy atom. The maximum Gasteiger partial charge on any atom is 0.251 e. The lowest BCUT2D eigenvalue weighted by Gasteiger charge is -2.47. The van der Waals surface area contributed by atoms with Gasteiger partial charge in [-0.1, -0.05) is 12.1 Å². The summed E-state index contributed by atoms with van der Waals surface area (Å²) < 4.78 is 27.9. The number of H-pyrrole nitrogens is 1. The first-order chi connectivity index (χ1) is 28.0. The monoisotopic (exact) mass is 804 g/mol. The number of aromatic nitrogens is 5. The second kappa shape index (κ2) is 16.0. The molecule has 2 aromatic carbocycles. The van der Waals surface area contributed by atoms with Crippen molar-refractivity contribution >= 4 is 56.1 Å². The van der Waals surface area contributed by atoms with Gasteiger partial charge >= 0.3 is 0 Å².